The lowest BCUT2D eigenvalue weighted by molar-refractivity contribution is -0.175. The lowest BCUT2D eigenvalue weighted by atomic mass is 10.1. The van der Waals surface area contributed by atoms with Gasteiger partial charge in [0, 0.05) is 12.6 Å². The number of rotatable bonds is 2. The molecule has 1 unspecified atom stereocenters. The first kappa shape index (κ1) is 17.1. The van der Waals surface area contributed by atoms with E-state index in [1.807, 2.05) is 5.92 Å². The zero-order chi connectivity index (χ0) is 17.5. The van der Waals surface area contributed by atoms with E-state index in [0.717, 1.165) is 0 Å². The molecule has 1 aromatic rings. The van der Waals surface area contributed by atoms with Gasteiger partial charge in [-0.15, -0.1) is 6.42 Å². The van der Waals surface area contributed by atoms with E-state index in [0.29, 0.717) is 5.01 Å². The van der Waals surface area contributed by atoms with Gasteiger partial charge in [-0.3, -0.25) is 4.79 Å². The van der Waals surface area contributed by atoms with Crippen LogP contribution in [0.5, 0.6) is 0 Å². The highest BCUT2D eigenvalue weighted by Gasteiger charge is 2.54. The predicted octanol–water partition coefficient (Wildman–Crippen LogP) is 2.62. The monoisotopic (exact) mass is 340 g/mol. The van der Waals surface area contributed by atoms with Crippen molar-refractivity contribution < 1.29 is 35.5 Å². The summed E-state index contributed by atoms with van der Waals surface area (Å²) in [5.74, 6) is -10.2. The molecule has 0 spiro atoms. The Bertz CT molecular complexity index is 669. The molecule has 0 saturated carbocycles. The number of nitrogens with zero attached hydrogens (tertiary/aromatic N) is 2. The van der Waals surface area contributed by atoms with Gasteiger partial charge in [0.15, 0.2) is 23.3 Å². The minimum atomic E-state index is -5.02. The van der Waals surface area contributed by atoms with E-state index in [1.54, 1.807) is 0 Å². The number of hydrogen-bond donors (Lipinski definition) is 0. The fourth-order valence-corrected chi connectivity index (χ4v) is 2.14. The van der Waals surface area contributed by atoms with E-state index in [1.165, 1.54) is 0 Å². The van der Waals surface area contributed by atoms with Crippen molar-refractivity contribution in [3.8, 4) is 12.3 Å². The topological polar surface area (TPSA) is 23.6 Å². The predicted molar refractivity (Wildman–Crippen MR) is 63.7 cm³/mol. The lowest BCUT2D eigenvalue weighted by Crippen LogP contribution is -2.41. The second-order valence-electron chi connectivity index (χ2n) is 4.61. The van der Waals surface area contributed by atoms with Gasteiger partial charge in [0.05, 0.1) is 6.54 Å². The SMILES string of the molecule is C#CCN1CC(C(F)(F)F)C(=O)N1c1c(F)c(F)cc(F)c1F. The smallest absolute Gasteiger partial charge is 0.272 e. The van der Waals surface area contributed by atoms with Crippen LogP contribution in [0.4, 0.5) is 36.4 Å². The summed E-state index contributed by atoms with van der Waals surface area (Å²) in [5.41, 5.74) is -1.57. The average Bonchev–Trinajstić information content (AvgIpc) is 2.75. The number of hydrogen-bond acceptors (Lipinski definition) is 2. The zero-order valence-corrected chi connectivity index (χ0v) is 11.1. The first-order valence-corrected chi connectivity index (χ1v) is 6.01. The molecule has 10 heteroatoms. The quantitative estimate of drug-likeness (QED) is 0.469. The maximum absolute atomic E-state index is 13.8. The highest BCUT2D eigenvalue weighted by Crippen LogP contribution is 2.38. The summed E-state index contributed by atoms with van der Waals surface area (Å²) in [6, 6.07) is -0.124. The number of carbonyl (C=O) groups excluding carboxylic acids is 1. The Morgan fingerprint density at radius 3 is 2.13 bits per heavy atom. The van der Waals surface area contributed by atoms with Crippen molar-refractivity contribution in [3.05, 3.63) is 29.3 Å². The summed E-state index contributed by atoms with van der Waals surface area (Å²) in [6.45, 7) is -1.65. The van der Waals surface area contributed by atoms with Gasteiger partial charge >= 0.3 is 6.18 Å². The van der Waals surface area contributed by atoms with Crippen LogP contribution in [0.3, 0.4) is 0 Å². The van der Waals surface area contributed by atoms with Gasteiger partial charge in [-0.05, 0) is 0 Å². The number of carbonyl (C=O) groups is 1. The molecule has 1 aromatic carbocycles. The Morgan fingerprint density at radius 1 is 1.17 bits per heavy atom. The summed E-state index contributed by atoms with van der Waals surface area (Å²) < 4.78 is 92.5. The molecule has 124 valence electrons. The van der Waals surface area contributed by atoms with Crippen molar-refractivity contribution in [2.45, 2.75) is 6.18 Å². The summed E-state index contributed by atoms with van der Waals surface area (Å²) in [7, 11) is 0. The molecule has 1 aliphatic heterocycles. The highest BCUT2D eigenvalue weighted by molar-refractivity contribution is 5.97. The standard InChI is InChI=1S/C13H7F7N2O/c1-2-3-21-5-6(13(18,19)20)12(23)22(21)11-9(16)7(14)4-8(15)10(11)17/h1,4,6H,3,5H2. The molecule has 2 rings (SSSR count). The molecular formula is C13H7F7N2O. The molecule has 0 aromatic heterocycles. The van der Waals surface area contributed by atoms with Crippen LogP contribution in [0.1, 0.15) is 0 Å². The number of benzene rings is 1. The summed E-state index contributed by atoms with van der Waals surface area (Å²) in [4.78, 5) is 11.9. The van der Waals surface area contributed by atoms with Crippen molar-refractivity contribution in [2.75, 3.05) is 18.1 Å². The third-order valence-corrected chi connectivity index (χ3v) is 3.15. The average molecular weight is 340 g/mol. The van der Waals surface area contributed by atoms with Crippen LogP contribution in [0.15, 0.2) is 6.07 Å². The number of hydrazine groups is 1. The van der Waals surface area contributed by atoms with Gasteiger partial charge in [-0.25, -0.2) is 27.6 Å². The minimum absolute atomic E-state index is 0.102. The number of alkyl halides is 3. The van der Waals surface area contributed by atoms with Gasteiger partial charge in [-0.1, -0.05) is 5.92 Å². The van der Waals surface area contributed by atoms with Crippen molar-refractivity contribution in [2.24, 2.45) is 5.92 Å². The molecule has 1 fully saturated rings. The maximum atomic E-state index is 13.8. The van der Waals surface area contributed by atoms with Crippen molar-refractivity contribution in [3.63, 3.8) is 0 Å². The van der Waals surface area contributed by atoms with Gasteiger partial charge in [0.25, 0.3) is 5.91 Å². The van der Waals surface area contributed by atoms with E-state index in [-0.39, 0.29) is 11.1 Å². The van der Waals surface area contributed by atoms with Crippen molar-refractivity contribution >= 4 is 11.6 Å². The molecule has 1 heterocycles. The molecule has 1 saturated heterocycles. The lowest BCUT2D eigenvalue weighted by Gasteiger charge is -2.26. The second-order valence-corrected chi connectivity index (χ2v) is 4.61. The van der Waals surface area contributed by atoms with Crippen LogP contribution in [0.2, 0.25) is 0 Å². The Labute approximate surface area is 125 Å². The third kappa shape index (κ3) is 2.84. The van der Waals surface area contributed by atoms with Gasteiger partial charge in [0.2, 0.25) is 0 Å². The van der Waals surface area contributed by atoms with Crippen LogP contribution in [0, 0.1) is 41.5 Å². The summed E-state index contributed by atoms with van der Waals surface area (Å²) >= 11 is 0. The Kier molecular flexibility index (Phi) is 4.26. The van der Waals surface area contributed by atoms with Crippen LogP contribution >= 0.6 is 0 Å². The van der Waals surface area contributed by atoms with Crippen molar-refractivity contribution in [1.29, 1.82) is 0 Å². The van der Waals surface area contributed by atoms with Crippen LogP contribution in [-0.4, -0.2) is 30.2 Å². The third-order valence-electron chi connectivity index (χ3n) is 3.15. The molecule has 0 bridgehead atoms. The Morgan fingerprint density at radius 2 is 1.70 bits per heavy atom. The molecule has 23 heavy (non-hydrogen) atoms. The van der Waals surface area contributed by atoms with Gasteiger partial charge in [0.1, 0.15) is 11.6 Å². The van der Waals surface area contributed by atoms with E-state index >= 15 is 0 Å². The Hall–Kier alpha value is -2.28. The van der Waals surface area contributed by atoms with E-state index in [2.05, 4.69) is 0 Å². The molecular weight excluding hydrogens is 333 g/mol. The Balaban J connectivity index is 2.61. The fourth-order valence-electron chi connectivity index (χ4n) is 2.14. The fraction of sp³-hybridized carbons (Fsp3) is 0.308. The maximum Gasteiger partial charge on any atom is 0.401 e. The van der Waals surface area contributed by atoms with Gasteiger partial charge < -0.3 is 0 Å². The van der Waals surface area contributed by atoms with Crippen LogP contribution < -0.4 is 5.01 Å². The molecule has 1 aliphatic rings. The van der Waals surface area contributed by atoms with Crippen LogP contribution in [0.25, 0.3) is 0 Å². The zero-order valence-electron chi connectivity index (χ0n) is 11.1. The molecule has 0 radical (unpaired) electrons. The van der Waals surface area contributed by atoms with Crippen LogP contribution in [-0.2, 0) is 4.79 Å². The van der Waals surface area contributed by atoms with Crippen molar-refractivity contribution in [1.82, 2.24) is 5.01 Å². The second kappa shape index (κ2) is 5.73. The molecule has 1 atom stereocenters. The molecule has 0 aliphatic carbocycles. The highest BCUT2D eigenvalue weighted by atomic mass is 19.4. The minimum Gasteiger partial charge on any atom is -0.272 e. The number of halogens is 7. The first-order valence-electron chi connectivity index (χ1n) is 6.01. The normalized spacial score (nSPS) is 19.3. The summed E-state index contributed by atoms with van der Waals surface area (Å²) in [6.07, 6.45) is -0.0784. The summed E-state index contributed by atoms with van der Waals surface area (Å²) in [5, 5.41) is 0.385. The van der Waals surface area contributed by atoms with Gasteiger partial charge in [-0.2, -0.15) is 13.2 Å². The number of terminal acetylenes is 1. The molecule has 0 N–H and O–H groups in total. The number of anilines is 1. The van der Waals surface area contributed by atoms with E-state index in [4.69, 9.17) is 6.42 Å². The van der Waals surface area contributed by atoms with E-state index in [9.17, 15) is 35.5 Å². The largest absolute Gasteiger partial charge is 0.401 e. The molecule has 1 amide bonds. The van der Waals surface area contributed by atoms with E-state index < -0.39 is 60.0 Å². The first-order chi connectivity index (χ1) is 10.6. The molecule has 3 nitrogen and oxygen atoms in total. The number of amides is 1.